The number of nitrogens with zero attached hydrogens (tertiary/aromatic N) is 2. The van der Waals surface area contributed by atoms with Gasteiger partial charge in [0.1, 0.15) is 5.75 Å². The van der Waals surface area contributed by atoms with Crippen LogP contribution in [0, 0.1) is 25.2 Å². The summed E-state index contributed by atoms with van der Waals surface area (Å²) in [5.74, 6) is 1.26. The van der Waals surface area contributed by atoms with Gasteiger partial charge in [-0.1, -0.05) is 32.9 Å². The molecular formula is C18H20N2O. The first kappa shape index (κ1) is 15.1. The molecule has 0 bridgehead atoms. The SMILES string of the molecule is Cc1ccc(C(C)(C)C)c(Oc2cc(C#N)cc(C)n2)c1. The number of hydrogen-bond acceptors (Lipinski definition) is 3. The Kier molecular flexibility index (Phi) is 3.99. The fourth-order valence-corrected chi connectivity index (χ4v) is 2.20. The van der Waals surface area contributed by atoms with Crippen molar-refractivity contribution in [1.29, 1.82) is 5.26 Å². The van der Waals surface area contributed by atoms with E-state index in [1.165, 1.54) is 0 Å². The van der Waals surface area contributed by atoms with Crippen molar-refractivity contribution in [2.75, 3.05) is 0 Å². The molecule has 0 spiro atoms. The van der Waals surface area contributed by atoms with Gasteiger partial charge in [0.15, 0.2) is 0 Å². The lowest BCUT2D eigenvalue weighted by molar-refractivity contribution is 0.438. The molecule has 1 aromatic carbocycles. The van der Waals surface area contributed by atoms with E-state index in [-0.39, 0.29) is 5.41 Å². The molecule has 0 fully saturated rings. The minimum atomic E-state index is -0.0229. The van der Waals surface area contributed by atoms with Crippen molar-refractivity contribution in [2.45, 2.75) is 40.0 Å². The van der Waals surface area contributed by atoms with E-state index in [0.29, 0.717) is 11.4 Å². The second kappa shape index (κ2) is 5.57. The summed E-state index contributed by atoms with van der Waals surface area (Å²) in [5.41, 5.74) is 3.56. The third-order valence-corrected chi connectivity index (χ3v) is 3.22. The van der Waals surface area contributed by atoms with Crippen LogP contribution in [-0.2, 0) is 5.41 Å². The molecule has 3 heteroatoms. The van der Waals surface area contributed by atoms with E-state index in [1.54, 1.807) is 12.1 Å². The van der Waals surface area contributed by atoms with Crippen molar-refractivity contribution < 1.29 is 4.74 Å². The Balaban J connectivity index is 2.47. The van der Waals surface area contributed by atoms with E-state index < -0.39 is 0 Å². The van der Waals surface area contributed by atoms with E-state index in [1.807, 2.05) is 19.9 Å². The van der Waals surface area contributed by atoms with Crippen molar-refractivity contribution in [3.05, 3.63) is 52.7 Å². The molecular weight excluding hydrogens is 260 g/mol. The van der Waals surface area contributed by atoms with Crippen molar-refractivity contribution in [2.24, 2.45) is 0 Å². The molecule has 0 saturated carbocycles. The number of hydrogen-bond donors (Lipinski definition) is 0. The molecule has 0 aliphatic rings. The van der Waals surface area contributed by atoms with Crippen LogP contribution in [0.1, 0.15) is 43.2 Å². The Hall–Kier alpha value is -2.34. The molecule has 3 nitrogen and oxygen atoms in total. The van der Waals surface area contributed by atoms with Crippen LogP contribution in [0.5, 0.6) is 11.6 Å². The second-order valence-electron chi connectivity index (χ2n) is 6.30. The third-order valence-electron chi connectivity index (χ3n) is 3.22. The summed E-state index contributed by atoms with van der Waals surface area (Å²) in [6, 6.07) is 11.7. The Morgan fingerprint density at radius 1 is 1.10 bits per heavy atom. The quantitative estimate of drug-likeness (QED) is 0.803. The Morgan fingerprint density at radius 3 is 2.43 bits per heavy atom. The maximum Gasteiger partial charge on any atom is 0.220 e. The molecule has 0 amide bonds. The van der Waals surface area contributed by atoms with Crippen LogP contribution in [0.25, 0.3) is 0 Å². The number of aryl methyl sites for hydroxylation is 2. The zero-order valence-corrected chi connectivity index (χ0v) is 13.2. The monoisotopic (exact) mass is 280 g/mol. The van der Waals surface area contributed by atoms with Crippen molar-refractivity contribution in [3.8, 4) is 17.7 Å². The van der Waals surface area contributed by atoms with Crippen LogP contribution >= 0.6 is 0 Å². The van der Waals surface area contributed by atoms with Gasteiger partial charge in [0.25, 0.3) is 0 Å². The first-order valence-corrected chi connectivity index (χ1v) is 6.97. The van der Waals surface area contributed by atoms with E-state index in [4.69, 9.17) is 10.00 Å². The van der Waals surface area contributed by atoms with Crippen molar-refractivity contribution >= 4 is 0 Å². The zero-order valence-electron chi connectivity index (χ0n) is 13.2. The van der Waals surface area contributed by atoms with E-state index in [2.05, 4.69) is 44.0 Å². The lowest BCUT2D eigenvalue weighted by Crippen LogP contribution is -2.12. The maximum atomic E-state index is 9.05. The lowest BCUT2D eigenvalue weighted by atomic mass is 9.86. The predicted octanol–water partition coefficient (Wildman–Crippen LogP) is 4.66. The van der Waals surface area contributed by atoms with Gasteiger partial charge in [-0.25, -0.2) is 4.98 Å². The molecule has 2 aromatic rings. The molecule has 0 unspecified atom stereocenters. The van der Waals surface area contributed by atoms with Crippen LogP contribution in [0.2, 0.25) is 0 Å². The molecule has 0 N–H and O–H groups in total. The summed E-state index contributed by atoms with van der Waals surface area (Å²) in [5, 5.41) is 9.05. The van der Waals surface area contributed by atoms with Gasteiger partial charge in [0.05, 0.1) is 11.6 Å². The summed E-state index contributed by atoms with van der Waals surface area (Å²) in [6.45, 7) is 10.3. The molecule has 108 valence electrons. The van der Waals surface area contributed by atoms with Gasteiger partial charge in [-0.2, -0.15) is 5.26 Å². The summed E-state index contributed by atoms with van der Waals surface area (Å²) >= 11 is 0. The summed E-state index contributed by atoms with van der Waals surface area (Å²) in [4.78, 5) is 4.36. The van der Waals surface area contributed by atoms with Gasteiger partial charge in [-0.05, 0) is 37.0 Å². The van der Waals surface area contributed by atoms with Gasteiger partial charge >= 0.3 is 0 Å². The Bertz CT molecular complexity index is 706. The number of rotatable bonds is 2. The highest BCUT2D eigenvalue weighted by Gasteiger charge is 2.19. The average Bonchev–Trinajstić information content (AvgIpc) is 2.36. The summed E-state index contributed by atoms with van der Waals surface area (Å²) in [6.07, 6.45) is 0. The van der Waals surface area contributed by atoms with Crippen LogP contribution < -0.4 is 4.74 Å². The standard InChI is InChI=1S/C18H20N2O/c1-12-6-7-15(18(3,4)5)16(8-12)21-17-10-14(11-19)9-13(2)20-17/h6-10H,1-5H3. The highest BCUT2D eigenvalue weighted by molar-refractivity contribution is 5.44. The minimum absolute atomic E-state index is 0.0229. The van der Waals surface area contributed by atoms with Crippen molar-refractivity contribution in [3.63, 3.8) is 0 Å². The predicted molar refractivity (Wildman–Crippen MR) is 83.6 cm³/mol. The molecule has 0 saturated heterocycles. The molecule has 0 aliphatic carbocycles. The van der Waals surface area contributed by atoms with E-state index in [9.17, 15) is 0 Å². The van der Waals surface area contributed by atoms with E-state index in [0.717, 1.165) is 22.6 Å². The maximum absolute atomic E-state index is 9.05. The highest BCUT2D eigenvalue weighted by atomic mass is 16.5. The smallest absolute Gasteiger partial charge is 0.220 e. The molecule has 2 rings (SSSR count). The molecule has 0 atom stereocenters. The molecule has 21 heavy (non-hydrogen) atoms. The minimum Gasteiger partial charge on any atom is -0.439 e. The van der Waals surface area contributed by atoms with Crippen LogP contribution in [0.4, 0.5) is 0 Å². The number of pyridine rings is 1. The number of benzene rings is 1. The molecule has 1 aromatic heterocycles. The first-order chi connectivity index (χ1) is 9.79. The zero-order chi connectivity index (χ0) is 15.6. The topological polar surface area (TPSA) is 45.9 Å². The lowest BCUT2D eigenvalue weighted by Gasteiger charge is -2.23. The first-order valence-electron chi connectivity index (χ1n) is 6.97. The number of ether oxygens (including phenoxy) is 1. The Labute approximate surface area is 126 Å². The highest BCUT2D eigenvalue weighted by Crippen LogP contribution is 2.34. The Morgan fingerprint density at radius 2 is 1.81 bits per heavy atom. The second-order valence-corrected chi connectivity index (χ2v) is 6.30. The fourth-order valence-electron chi connectivity index (χ4n) is 2.20. The van der Waals surface area contributed by atoms with Gasteiger partial charge in [-0.3, -0.25) is 0 Å². The fraction of sp³-hybridized carbons (Fsp3) is 0.333. The van der Waals surface area contributed by atoms with Gasteiger partial charge in [0.2, 0.25) is 5.88 Å². The van der Waals surface area contributed by atoms with Gasteiger partial charge in [0, 0.05) is 17.3 Å². The summed E-state index contributed by atoms with van der Waals surface area (Å²) in [7, 11) is 0. The normalized spacial score (nSPS) is 11.0. The molecule has 0 aliphatic heterocycles. The third kappa shape index (κ3) is 3.61. The van der Waals surface area contributed by atoms with Crippen LogP contribution in [0.15, 0.2) is 30.3 Å². The van der Waals surface area contributed by atoms with Gasteiger partial charge in [-0.15, -0.1) is 0 Å². The summed E-state index contributed by atoms with van der Waals surface area (Å²) < 4.78 is 5.98. The molecule has 0 radical (unpaired) electrons. The van der Waals surface area contributed by atoms with Crippen LogP contribution in [0.3, 0.4) is 0 Å². The van der Waals surface area contributed by atoms with Crippen LogP contribution in [-0.4, -0.2) is 4.98 Å². The number of nitriles is 1. The average molecular weight is 280 g/mol. The number of aromatic nitrogens is 1. The van der Waals surface area contributed by atoms with E-state index >= 15 is 0 Å². The largest absolute Gasteiger partial charge is 0.439 e. The van der Waals surface area contributed by atoms with Gasteiger partial charge < -0.3 is 4.74 Å². The molecule has 1 heterocycles. The van der Waals surface area contributed by atoms with Crippen molar-refractivity contribution in [1.82, 2.24) is 4.98 Å².